The molecule has 0 bridgehead atoms. The molecule has 2 aromatic rings. The Morgan fingerprint density at radius 1 is 1.00 bits per heavy atom. The van der Waals surface area contributed by atoms with Crippen LogP contribution >= 0.6 is 0 Å². The van der Waals surface area contributed by atoms with E-state index in [0.29, 0.717) is 0 Å². The van der Waals surface area contributed by atoms with Gasteiger partial charge in [0.2, 0.25) is 0 Å². The summed E-state index contributed by atoms with van der Waals surface area (Å²) in [6.07, 6.45) is 0.175. The van der Waals surface area contributed by atoms with E-state index in [9.17, 15) is 0 Å². The van der Waals surface area contributed by atoms with Crippen molar-refractivity contribution in [2.75, 3.05) is 17.7 Å². The Hall–Kier alpha value is -2.30. The molecule has 0 amide bonds. The van der Waals surface area contributed by atoms with E-state index in [1.807, 2.05) is 59.0 Å². The van der Waals surface area contributed by atoms with Gasteiger partial charge in [-0.05, 0) is 52.0 Å². The quantitative estimate of drug-likeness (QED) is 0.878. The molecule has 1 heterocycles. The maximum Gasteiger partial charge on any atom is 0.139 e. The zero-order chi connectivity index (χ0) is 15.4. The van der Waals surface area contributed by atoms with E-state index >= 15 is 0 Å². The number of rotatable bonds is 5. The largest absolute Gasteiger partial charge is 0.491 e. The van der Waals surface area contributed by atoms with E-state index in [0.717, 1.165) is 34.5 Å². The molecular weight excluding hydrogens is 264 g/mol. The van der Waals surface area contributed by atoms with Crippen LogP contribution in [0.4, 0.5) is 17.3 Å². The molecule has 112 valence electrons. The monoisotopic (exact) mass is 286 g/mol. The fraction of sp³-hybridized carbons (Fsp3) is 0.375. The molecular formula is C16H22N4O. The van der Waals surface area contributed by atoms with Gasteiger partial charge in [-0.3, -0.25) is 0 Å². The van der Waals surface area contributed by atoms with Crippen LogP contribution < -0.4 is 15.4 Å². The van der Waals surface area contributed by atoms with Gasteiger partial charge in [-0.25, -0.2) is 9.97 Å². The summed E-state index contributed by atoms with van der Waals surface area (Å²) in [4.78, 5) is 8.81. The number of nitrogens with zero attached hydrogens (tertiary/aromatic N) is 2. The van der Waals surface area contributed by atoms with E-state index in [1.165, 1.54) is 0 Å². The number of anilines is 3. The van der Waals surface area contributed by atoms with Crippen LogP contribution in [0.15, 0.2) is 24.3 Å². The predicted molar refractivity (Wildman–Crippen MR) is 86.5 cm³/mol. The van der Waals surface area contributed by atoms with Crippen molar-refractivity contribution in [2.24, 2.45) is 0 Å². The first-order valence-electron chi connectivity index (χ1n) is 7.06. The highest BCUT2D eigenvalue weighted by Gasteiger charge is 2.08. The summed E-state index contributed by atoms with van der Waals surface area (Å²) in [5.74, 6) is 3.24. The molecule has 2 rings (SSSR count). The van der Waals surface area contributed by atoms with Crippen LogP contribution in [0.5, 0.6) is 5.75 Å². The molecule has 0 radical (unpaired) electrons. The van der Waals surface area contributed by atoms with Crippen molar-refractivity contribution in [1.82, 2.24) is 9.97 Å². The maximum absolute atomic E-state index is 5.64. The molecule has 2 N–H and O–H groups in total. The fourth-order valence-electron chi connectivity index (χ4n) is 2.02. The number of aromatic nitrogens is 2. The van der Waals surface area contributed by atoms with Crippen molar-refractivity contribution in [3.8, 4) is 5.75 Å². The molecule has 0 aliphatic rings. The fourth-order valence-corrected chi connectivity index (χ4v) is 2.02. The normalized spacial score (nSPS) is 10.6. The Morgan fingerprint density at radius 3 is 2.19 bits per heavy atom. The Balaban J connectivity index is 2.20. The van der Waals surface area contributed by atoms with Crippen LogP contribution in [0.25, 0.3) is 0 Å². The highest BCUT2D eigenvalue weighted by atomic mass is 16.5. The summed E-state index contributed by atoms with van der Waals surface area (Å²) < 4.78 is 5.64. The second-order valence-corrected chi connectivity index (χ2v) is 5.16. The number of aryl methyl sites for hydroxylation is 1. The van der Waals surface area contributed by atoms with Gasteiger partial charge in [0.1, 0.15) is 23.2 Å². The van der Waals surface area contributed by atoms with Crippen molar-refractivity contribution in [3.63, 3.8) is 0 Å². The van der Waals surface area contributed by atoms with Gasteiger partial charge in [-0.2, -0.15) is 0 Å². The summed E-state index contributed by atoms with van der Waals surface area (Å²) in [5.41, 5.74) is 1.96. The molecule has 0 saturated heterocycles. The summed E-state index contributed by atoms with van der Waals surface area (Å²) in [6.45, 7) is 7.89. The molecule has 5 heteroatoms. The summed E-state index contributed by atoms with van der Waals surface area (Å²) in [7, 11) is 1.86. The van der Waals surface area contributed by atoms with Crippen LogP contribution in [0.2, 0.25) is 0 Å². The second kappa shape index (κ2) is 6.43. The van der Waals surface area contributed by atoms with Gasteiger partial charge >= 0.3 is 0 Å². The number of ether oxygens (including phenoxy) is 1. The van der Waals surface area contributed by atoms with E-state index in [4.69, 9.17) is 4.74 Å². The Kier molecular flexibility index (Phi) is 4.62. The zero-order valence-electron chi connectivity index (χ0n) is 13.2. The first kappa shape index (κ1) is 15.1. The van der Waals surface area contributed by atoms with Crippen molar-refractivity contribution >= 4 is 17.3 Å². The van der Waals surface area contributed by atoms with Crippen LogP contribution in [0.1, 0.15) is 25.2 Å². The summed E-state index contributed by atoms with van der Waals surface area (Å²) >= 11 is 0. The summed E-state index contributed by atoms with van der Waals surface area (Å²) in [6, 6.07) is 7.86. The maximum atomic E-state index is 5.64. The molecule has 0 fully saturated rings. The van der Waals surface area contributed by atoms with E-state index in [1.54, 1.807) is 0 Å². The number of hydrogen-bond acceptors (Lipinski definition) is 5. The predicted octanol–water partition coefficient (Wildman–Crippen LogP) is 3.67. The van der Waals surface area contributed by atoms with Gasteiger partial charge in [0.05, 0.1) is 6.10 Å². The molecule has 1 aromatic carbocycles. The van der Waals surface area contributed by atoms with Gasteiger partial charge < -0.3 is 15.4 Å². The van der Waals surface area contributed by atoms with Gasteiger partial charge in [0, 0.05) is 18.3 Å². The van der Waals surface area contributed by atoms with Crippen LogP contribution in [-0.4, -0.2) is 23.1 Å². The first-order valence-corrected chi connectivity index (χ1v) is 7.06. The van der Waals surface area contributed by atoms with Gasteiger partial charge in [-0.15, -0.1) is 0 Å². The minimum atomic E-state index is 0.175. The second-order valence-electron chi connectivity index (χ2n) is 5.16. The van der Waals surface area contributed by atoms with E-state index < -0.39 is 0 Å². The molecule has 0 atom stereocenters. The molecule has 0 spiro atoms. The average molecular weight is 286 g/mol. The molecule has 1 aromatic heterocycles. The molecule has 0 aliphatic carbocycles. The van der Waals surface area contributed by atoms with Crippen LogP contribution in [0, 0.1) is 13.8 Å². The van der Waals surface area contributed by atoms with Crippen molar-refractivity contribution in [2.45, 2.75) is 33.8 Å². The minimum Gasteiger partial charge on any atom is -0.491 e. The van der Waals surface area contributed by atoms with Crippen molar-refractivity contribution < 1.29 is 4.74 Å². The van der Waals surface area contributed by atoms with Crippen LogP contribution in [-0.2, 0) is 0 Å². The highest BCUT2D eigenvalue weighted by molar-refractivity contribution is 5.65. The zero-order valence-corrected chi connectivity index (χ0v) is 13.2. The first-order chi connectivity index (χ1) is 9.99. The van der Waals surface area contributed by atoms with Crippen molar-refractivity contribution in [1.29, 1.82) is 0 Å². The smallest absolute Gasteiger partial charge is 0.139 e. The standard InChI is InChI=1S/C16H22N4O/c1-10(2)21-14-8-6-13(7-9-14)20-16-11(3)15(17-5)18-12(4)19-16/h6-10H,1-5H3,(H2,17,18,19,20). The third kappa shape index (κ3) is 3.84. The van der Waals surface area contributed by atoms with E-state index in [-0.39, 0.29) is 6.10 Å². The molecule has 5 nitrogen and oxygen atoms in total. The molecule has 21 heavy (non-hydrogen) atoms. The van der Waals surface area contributed by atoms with Crippen molar-refractivity contribution in [3.05, 3.63) is 35.7 Å². The Morgan fingerprint density at radius 2 is 1.62 bits per heavy atom. The molecule has 0 aliphatic heterocycles. The third-order valence-corrected chi connectivity index (χ3v) is 2.98. The van der Waals surface area contributed by atoms with Crippen LogP contribution in [0.3, 0.4) is 0 Å². The molecule has 0 saturated carbocycles. The lowest BCUT2D eigenvalue weighted by Gasteiger charge is -2.14. The highest BCUT2D eigenvalue weighted by Crippen LogP contribution is 2.24. The molecule has 0 unspecified atom stereocenters. The topological polar surface area (TPSA) is 59.1 Å². The Labute approximate surface area is 125 Å². The lowest BCUT2D eigenvalue weighted by Crippen LogP contribution is -2.06. The van der Waals surface area contributed by atoms with Gasteiger partial charge in [0.15, 0.2) is 0 Å². The Bertz CT molecular complexity index is 608. The van der Waals surface area contributed by atoms with E-state index in [2.05, 4.69) is 20.6 Å². The van der Waals surface area contributed by atoms with Gasteiger partial charge in [-0.1, -0.05) is 0 Å². The lowest BCUT2D eigenvalue weighted by molar-refractivity contribution is 0.242. The number of nitrogens with one attached hydrogen (secondary N) is 2. The minimum absolute atomic E-state index is 0.175. The summed E-state index contributed by atoms with van der Waals surface area (Å²) in [5, 5.41) is 6.40. The number of benzene rings is 1. The third-order valence-electron chi connectivity index (χ3n) is 2.98. The average Bonchev–Trinajstić information content (AvgIpc) is 2.44. The number of hydrogen-bond donors (Lipinski definition) is 2. The van der Waals surface area contributed by atoms with Gasteiger partial charge in [0.25, 0.3) is 0 Å². The SMILES string of the molecule is CNc1nc(C)nc(Nc2ccc(OC(C)C)cc2)c1C. The lowest BCUT2D eigenvalue weighted by atomic mass is 10.2.